The van der Waals surface area contributed by atoms with E-state index in [1.807, 2.05) is 0 Å². The summed E-state index contributed by atoms with van der Waals surface area (Å²) in [6.07, 6.45) is 1.89. The molecule has 1 amide bonds. The third-order valence-corrected chi connectivity index (χ3v) is 3.62. The molecule has 0 spiro atoms. The van der Waals surface area contributed by atoms with Crippen LogP contribution in [-0.4, -0.2) is 57.2 Å². The molecule has 1 rings (SSSR count). The number of rotatable bonds is 5. The molecule has 0 aromatic carbocycles. The average Bonchev–Trinajstić information content (AvgIpc) is 2.43. The van der Waals surface area contributed by atoms with Crippen LogP contribution in [0.25, 0.3) is 0 Å². The van der Waals surface area contributed by atoms with E-state index in [-0.39, 0.29) is 11.9 Å². The molecule has 1 unspecified atom stereocenters. The van der Waals surface area contributed by atoms with Gasteiger partial charge in [0.05, 0.1) is 12.3 Å². The van der Waals surface area contributed by atoms with Crippen LogP contribution >= 0.6 is 0 Å². The molecule has 0 saturated carbocycles. The molecule has 1 atom stereocenters. The van der Waals surface area contributed by atoms with Gasteiger partial charge in [0.25, 0.3) is 0 Å². The van der Waals surface area contributed by atoms with Gasteiger partial charge in [0, 0.05) is 18.6 Å². The van der Waals surface area contributed by atoms with Crippen LogP contribution < -0.4 is 10.0 Å². The molecule has 1 saturated heterocycles. The summed E-state index contributed by atoms with van der Waals surface area (Å²) in [6.45, 7) is 4.60. The molecule has 100 valence electrons. The summed E-state index contributed by atoms with van der Waals surface area (Å²) in [6, 6.07) is -0.135. The van der Waals surface area contributed by atoms with Crippen LogP contribution in [0.5, 0.6) is 0 Å². The Morgan fingerprint density at radius 3 is 2.47 bits per heavy atom. The third-order valence-electron chi connectivity index (χ3n) is 2.69. The van der Waals surface area contributed by atoms with Gasteiger partial charge in [-0.3, -0.25) is 4.79 Å². The Bertz CT molecular complexity index is 392. The van der Waals surface area contributed by atoms with Crippen molar-refractivity contribution in [3.8, 4) is 0 Å². The molecule has 0 radical (unpaired) electrons. The van der Waals surface area contributed by atoms with Gasteiger partial charge in [-0.15, -0.1) is 0 Å². The van der Waals surface area contributed by atoms with E-state index in [0.717, 1.165) is 12.7 Å². The zero-order chi connectivity index (χ0) is 13.3. The maximum atomic E-state index is 11.9. The molecule has 1 aliphatic heterocycles. The van der Waals surface area contributed by atoms with Gasteiger partial charge >= 0.3 is 0 Å². The summed E-state index contributed by atoms with van der Waals surface area (Å²) < 4.78 is 24.9. The Morgan fingerprint density at radius 2 is 2.06 bits per heavy atom. The molecule has 0 aromatic heterocycles. The third kappa shape index (κ3) is 4.25. The van der Waals surface area contributed by atoms with Crippen molar-refractivity contribution in [2.75, 3.05) is 26.4 Å². The molecule has 17 heavy (non-hydrogen) atoms. The van der Waals surface area contributed by atoms with Gasteiger partial charge in [-0.05, 0) is 27.3 Å². The smallest absolute Gasteiger partial charge is 0.239 e. The van der Waals surface area contributed by atoms with Crippen molar-refractivity contribution in [3.05, 3.63) is 0 Å². The van der Waals surface area contributed by atoms with Crippen molar-refractivity contribution >= 4 is 15.9 Å². The number of hydrogen-bond donors (Lipinski definition) is 2. The van der Waals surface area contributed by atoms with E-state index in [1.54, 1.807) is 25.8 Å². The number of carbonyl (C=O) groups excluding carboxylic acids is 1. The minimum Gasteiger partial charge on any atom is -0.339 e. The number of amides is 1. The zero-order valence-electron chi connectivity index (χ0n) is 10.8. The lowest BCUT2D eigenvalue weighted by Crippen LogP contribution is -2.52. The second-order valence-corrected chi connectivity index (χ2v) is 6.90. The molecule has 0 aliphatic carbocycles. The highest BCUT2D eigenvalue weighted by atomic mass is 32.2. The number of hydrogen-bond acceptors (Lipinski definition) is 4. The second-order valence-electron chi connectivity index (χ2n) is 5.15. The lowest BCUT2D eigenvalue weighted by atomic mass is 10.1. The Hall–Kier alpha value is -0.660. The second kappa shape index (κ2) is 4.91. The highest BCUT2D eigenvalue weighted by Crippen LogP contribution is 2.15. The van der Waals surface area contributed by atoms with Crippen molar-refractivity contribution in [2.45, 2.75) is 31.8 Å². The van der Waals surface area contributed by atoms with Crippen LogP contribution in [0.2, 0.25) is 0 Å². The fraction of sp³-hybridized carbons (Fsp3) is 0.900. The van der Waals surface area contributed by atoms with E-state index in [1.165, 1.54) is 0 Å². The van der Waals surface area contributed by atoms with Crippen LogP contribution in [0.4, 0.5) is 0 Å². The van der Waals surface area contributed by atoms with Crippen molar-refractivity contribution in [2.24, 2.45) is 0 Å². The Morgan fingerprint density at radius 1 is 1.47 bits per heavy atom. The molecule has 0 aromatic rings. The first-order valence-corrected chi connectivity index (χ1v) is 7.49. The molecule has 1 aliphatic rings. The first-order chi connectivity index (χ1) is 7.64. The average molecular weight is 263 g/mol. The van der Waals surface area contributed by atoms with Gasteiger partial charge in [-0.1, -0.05) is 0 Å². The Balaban J connectivity index is 2.63. The van der Waals surface area contributed by atoms with Gasteiger partial charge < -0.3 is 10.2 Å². The minimum atomic E-state index is -3.26. The Kier molecular flexibility index (Phi) is 4.16. The van der Waals surface area contributed by atoms with E-state index >= 15 is 0 Å². The van der Waals surface area contributed by atoms with E-state index in [4.69, 9.17) is 0 Å². The Labute approximate surface area is 103 Å². The number of sulfonamides is 1. The topological polar surface area (TPSA) is 78.5 Å². The van der Waals surface area contributed by atoms with Crippen LogP contribution in [0.1, 0.15) is 20.3 Å². The van der Waals surface area contributed by atoms with Gasteiger partial charge in [-0.2, -0.15) is 0 Å². The predicted molar refractivity (Wildman–Crippen MR) is 66.1 cm³/mol. The summed E-state index contributed by atoms with van der Waals surface area (Å²) in [4.78, 5) is 13.6. The van der Waals surface area contributed by atoms with Crippen LogP contribution in [-0.2, 0) is 14.8 Å². The molecular weight excluding hydrogens is 242 g/mol. The summed E-state index contributed by atoms with van der Waals surface area (Å²) in [5.74, 6) is 0.0378. The largest absolute Gasteiger partial charge is 0.339 e. The molecule has 0 bridgehead atoms. The van der Waals surface area contributed by atoms with Crippen LogP contribution in [0, 0.1) is 0 Å². The number of likely N-dealkylation sites (N-methyl/N-ethyl adjacent to an activating group) is 1. The van der Waals surface area contributed by atoms with Crippen LogP contribution in [0.3, 0.4) is 0 Å². The first-order valence-electron chi connectivity index (χ1n) is 5.60. The minimum absolute atomic E-state index is 0.0378. The maximum absolute atomic E-state index is 11.9. The molecule has 2 N–H and O–H groups in total. The van der Waals surface area contributed by atoms with Gasteiger partial charge in [0.1, 0.15) is 0 Å². The van der Waals surface area contributed by atoms with Gasteiger partial charge in [0.15, 0.2) is 0 Å². The summed E-state index contributed by atoms with van der Waals surface area (Å²) in [5.41, 5.74) is -0.647. The predicted octanol–water partition coefficient (Wildman–Crippen LogP) is -0.865. The fourth-order valence-corrected chi connectivity index (χ4v) is 3.24. The van der Waals surface area contributed by atoms with E-state index in [2.05, 4.69) is 10.0 Å². The molecule has 6 nitrogen and oxygen atoms in total. The molecule has 1 fully saturated rings. The maximum Gasteiger partial charge on any atom is 0.239 e. The van der Waals surface area contributed by atoms with Crippen LogP contribution in [0.15, 0.2) is 0 Å². The van der Waals surface area contributed by atoms with Crippen molar-refractivity contribution < 1.29 is 13.2 Å². The highest BCUT2D eigenvalue weighted by Gasteiger charge is 2.34. The summed E-state index contributed by atoms with van der Waals surface area (Å²) in [7, 11) is -1.51. The van der Waals surface area contributed by atoms with Gasteiger partial charge in [-0.25, -0.2) is 13.1 Å². The van der Waals surface area contributed by atoms with E-state index in [0.29, 0.717) is 13.1 Å². The lowest BCUT2D eigenvalue weighted by Gasteiger charge is -2.30. The van der Waals surface area contributed by atoms with Crippen molar-refractivity contribution in [1.82, 2.24) is 14.9 Å². The summed E-state index contributed by atoms with van der Waals surface area (Å²) >= 11 is 0. The number of nitrogens with zero attached hydrogens (tertiary/aromatic N) is 1. The summed E-state index contributed by atoms with van der Waals surface area (Å²) in [5, 5.41) is 2.95. The first kappa shape index (κ1) is 14.4. The zero-order valence-corrected chi connectivity index (χ0v) is 11.6. The highest BCUT2D eigenvalue weighted by molar-refractivity contribution is 7.88. The molecular formula is C10H21N3O3S. The van der Waals surface area contributed by atoms with Crippen molar-refractivity contribution in [3.63, 3.8) is 0 Å². The number of carbonyl (C=O) groups is 1. The normalized spacial score (nSPS) is 22.2. The van der Waals surface area contributed by atoms with Crippen molar-refractivity contribution in [1.29, 1.82) is 0 Å². The van der Waals surface area contributed by atoms with Gasteiger partial charge in [0.2, 0.25) is 15.9 Å². The monoisotopic (exact) mass is 263 g/mol. The van der Waals surface area contributed by atoms with E-state index in [9.17, 15) is 13.2 Å². The molecule has 7 heteroatoms. The molecule has 1 heterocycles. The lowest BCUT2D eigenvalue weighted by molar-refractivity contribution is -0.130. The fourth-order valence-electron chi connectivity index (χ4n) is 2.18. The number of nitrogens with one attached hydrogen (secondary N) is 2. The SMILES string of the molecule is CNC1CCN(CC(C)(C)NS(C)(=O)=O)C1=O. The number of likely N-dealkylation sites (tertiary alicyclic amines) is 1. The standard InChI is InChI=1S/C10H21N3O3S/c1-10(2,12-17(4,15)16)7-13-6-5-8(11-3)9(13)14/h8,11-12H,5-7H2,1-4H3. The quantitative estimate of drug-likeness (QED) is 0.676. The van der Waals surface area contributed by atoms with E-state index < -0.39 is 15.6 Å².